The highest BCUT2D eigenvalue weighted by Gasteiger charge is 2.21. The molecule has 0 spiro atoms. The Balaban J connectivity index is 1.13. The van der Waals surface area contributed by atoms with E-state index in [1.54, 1.807) is 6.07 Å². The molecule has 0 saturated carbocycles. The van der Waals surface area contributed by atoms with Gasteiger partial charge in [-0.2, -0.15) is 0 Å². The predicted molar refractivity (Wildman–Crippen MR) is 169 cm³/mol. The van der Waals surface area contributed by atoms with Gasteiger partial charge in [0.25, 0.3) is 5.56 Å². The molecule has 1 aliphatic heterocycles. The summed E-state index contributed by atoms with van der Waals surface area (Å²) in [5.74, 6) is 0.910. The summed E-state index contributed by atoms with van der Waals surface area (Å²) in [4.78, 5) is 26.0. The third-order valence-electron chi connectivity index (χ3n) is 8.15. The smallest absolute Gasteiger partial charge is 0.250 e. The van der Waals surface area contributed by atoms with Crippen molar-refractivity contribution in [3.8, 4) is 11.4 Å². The number of imidazole rings is 1. The molecule has 6 heteroatoms. The minimum absolute atomic E-state index is 0.0377. The highest BCUT2D eigenvalue weighted by molar-refractivity contribution is 5.91. The number of pyridine rings is 1. The second-order valence-corrected chi connectivity index (χ2v) is 12.3. The molecule has 3 heterocycles. The van der Waals surface area contributed by atoms with Gasteiger partial charge in [0.15, 0.2) is 0 Å². The monoisotopic (exact) mass is 545 g/mol. The number of hydrogen-bond acceptors (Lipinski definition) is 4. The number of aromatic amines is 1. The summed E-state index contributed by atoms with van der Waals surface area (Å²) in [6.45, 7) is 14.0. The molecule has 1 fully saturated rings. The fourth-order valence-electron chi connectivity index (χ4n) is 5.63. The average molecular weight is 546 g/mol. The van der Waals surface area contributed by atoms with E-state index in [1.807, 2.05) is 16.8 Å². The summed E-state index contributed by atoms with van der Waals surface area (Å²) in [6.07, 6.45) is 2.02. The van der Waals surface area contributed by atoms with E-state index in [0.29, 0.717) is 6.54 Å². The molecule has 0 atom stereocenters. The molecule has 2 aromatic heterocycles. The van der Waals surface area contributed by atoms with Crippen molar-refractivity contribution in [3.63, 3.8) is 0 Å². The lowest BCUT2D eigenvalue weighted by molar-refractivity contribution is 0.249. The van der Waals surface area contributed by atoms with Crippen molar-refractivity contribution in [1.29, 1.82) is 0 Å². The van der Waals surface area contributed by atoms with Gasteiger partial charge < -0.3 is 14.5 Å². The number of aryl methyl sites for hydroxylation is 1. The zero-order valence-electron chi connectivity index (χ0n) is 24.5. The fourth-order valence-corrected chi connectivity index (χ4v) is 5.63. The number of benzene rings is 3. The Morgan fingerprint density at radius 3 is 2.22 bits per heavy atom. The summed E-state index contributed by atoms with van der Waals surface area (Å²) >= 11 is 0. The largest absolute Gasteiger partial charge is 0.367 e. The van der Waals surface area contributed by atoms with Crippen molar-refractivity contribution in [1.82, 2.24) is 19.4 Å². The van der Waals surface area contributed by atoms with Crippen molar-refractivity contribution in [2.24, 2.45) is 0 Å². The number of nitrogens with zero attached hydrogens (tertiary/aromatic N) is 4. The summed E-state index contributed by atoms with van der Waals surface area (Å²) in [5, 5.41) is 0. The molecule has 210 valence electrons. The van der Waals surface area contributed by atoms with Crippen LogP contribution in [0.4, 0.5) is 5.69 Å². The second kappa shape index (κ2) is 11.0. The highest BCUT2D eigenvalue weighted by Crippen LogP contribution is 2.30. The lowest BCUT2D eigenvalue weighted by Gasteiger charge is -2.36. The van der Waals surface area contributed by atoms with E-state index in [0.717, 1.165) is 60.7 Å². The first-order chi connectivity index (χ1) is 19.7. The zero-order chi connectivity index (χ0) is 28.6. The Bertz CT molecular complexity index is 1700. The second-order valence-electron chi connectivity index (χ2n) is 12.3. The van der Waals surface area contributed by atoms with E-state index in [-0.39, 0.29) is 11.0 Å². The minimum Gasteiger partial charge on any atom is -0.367 e. The number of hydrogen-bond donors (Lipinski definition) is 1. The van der Waals surface area contributed by atoms with Crippen LogP contribution < -0.4 is 10.5 Å². The first kappa shape index (κ1) is 27.0. The standard InChI is InChI=1S/C35H39N5O/c1-25-8-10-26(11-9-25)23-40-24-27(12-17-32(40)41)22-38-18-20-39(21-19-38)31-7-5-6-30-33(31)37-34(36-30)28-13-15-29(16-14-28)35(2,3)4/h5-17,24H,18-23H2,1-4H3,(H,36,37). The number of nitrogens with one attached hydrogen (secondary N) is 1. The Hall–Kier alpha value is -4.16. The van der Waals surface area contributed by atoms with E-state index in [9.17, 15) is 4.79 Å². The van der Waals surface area contributed by atoms with E-state index >= 15 is 0 Å². The van der Waals surface area contributed by atoms with Crippen LogP contribution in [0.5, 0.6) is 0 Å². The van der Waals surface area contributed by atoms with E-state index < -0.39 is 0 Å². The number of piperazine rings is 1. The average Bonchev–Trinajstić information content (AvgIpc) is 3.41. The van der Waals surface area contributed by atoms with Crippen LogP contribution in [-0.4, -0.2) is 45.6 Å². The van der Waals surface area contributed by atoms with Crippen molar-refractivity contribution in [3.05, 3.63) is 118 Å². The van der Waals surface area contributed by atoms with Crippen LogP contribution in [0.2, 0.25) is 0 Å². The lowest BCUT2D eigenvalue weighted by atomic mass is 9.87. The predicted octanol–water partition coefficient (Wildman–Crippen LogP) is 6.37. The molecule has 0 radical (unpaired) electrons. The fraction of sp³-hybridized carbons (Fsp3) is 0.314. The minimum atomic E-state index is 0.0377. The maximum Gasteiger partial charge on any atom is 0.250 e. The molecule has 1 aliphatic rings. The van der Waals surface area contributed by atoms with Gasteiger partial charge in [0, 0.05) is 50.6 Å². The molecular formula is C35H39N5O. The van der Waals surface area contributed by atoms with Crippen LogP contribution in [0.15, 0.2) is 89.9 Å². The van der Waals surface area contributed by atoms with Crippen LogP contribution in [0.1, 0.15) is 43.0 Å². The quantitative estimate of drug-likeness (QED) is 0.269. The Labute approximate surface area is 242 Å². The van der Waals surface area contributed by atoms with Gasteiger partial charge in [0.05, 0.1) is 17.7 Å². The van der Waals surface area contributed by atoms with Crippen LogP contribution in [0.25, 0.3) is 22.4 Å². The van der Waals surface area contributed by atoms with Gasteiger partial charge in [-0.15, -0.1) is 0 Å². The lowest BCUT2D eigenvalue weighted by Crippen LogP contribution is -2.46. The summed E-state index contributed by atoms with van der Waals surface area (Å²) in [6, 6.07) is 27.2. The molecule has 0 aliphatic carbocycles. The maximum atomic E-state index is 12.5. The van der Waals surface area contributed by atoms with Crippen LogP contribution >= 0.6 is 0 Å². The number of para-hydroxylation sites is 1. The number of rotatable bonds is 6. The molecule has 5 aromatic rings. The molecule has 3 aromatic carbocycles. The third kappa shape index (κ3) is 5.98. The molecule has 1 N–H and O–H groups in total. The number of fused-ring (bicyclic) bond motifs is 1. The molecule has 41 heavy (non-hydrogen) atoms. The number of H-pyrrole nitrogens is 1. The SMILES string of the molecule is Cc1ccc(Cn2cc(CN3CCN(c4cccc5[nH]c(-c6ccc(C(C)(C)C)cc6)nc45)CC3)ccc2=O)cc1. The van der Waals surface area contributed by atoms with Gasteiger partial charge in [-0.05, 0) is 41.2 Å². The molecule has 6 nitrogen and oxygen atoms in total. The molecule has 0 amide bonds. The Morgan fingerprint density at radius 1 is 0.805 bits per heavy atom. The van der Waals surface area contributed by atoms with Crippen molar-refractivity contribution in [2.45, 2.75) is 46.2 Å². The van der Waals surface area contributed by atoms with Crippen molar-refractivity contribution < 1.29 is 0 Å². The first-order valence-electron chi connectivity index (χ1n) is 14.5. The van der Waals surface area contributed by atoms with Crippen LogP contribution in [0.3, 0.4) is 0 Å². The number of anilines is 1. The van der Waals surface area contributed by atoms with Gasteiger partial charge in [-0.1, -0.05) is 87.0 Å². The van der Waals surface area contributed by atoms with Crippen LogP contribution in [-0.2, 0) is 18.5 Å². The van der Waals surface area contributed by atoms with Gasteiger partial charge in [0.1, 0.15) is 11.3 Å². The van der Waals surface area contributed by atoms with Gasteiger partial charge in [-0.3, -0.25) is 9.69 Å². The van der Waals surface area contributed by atoms with Crippen molar-refractivity contribution in [2.75, 3.05) is 31.1 Å². The topological polar surface area (TPSA) is 57.2 Å². The summed E-state index contributed by atoms with van der Waals surface area (Å²) < 4.78 is 1.82. The van der Waals surface area contributed by atoms with E-state index in [2.05, 4.69) is 109 Å². The first-order valence-corrected chi connectivity index (χ1v) is 14.5. The molecule has 1 saturated heterocycles. The van der Waals surface area contributed by atoms with E-state index in [1.165, 1.54) is 22.4 Å². The van der Waals surface area contributed by atoms with Crippen LogP contribution in [0, 0.1) is 6.92 Å². The normalized spacial score (nSPS) is 14.6. The van der Waals surface area contributed by atoms with Gasteiger partial charge in [-0.25, -0.2) is 4.98 Å². The molecule has 0 bridgehead atoms. The van der Waals surface area contributed by atoms with Crippen molar-refractivity contribution >= 4 is 16.7 Å². The third-order valence-corrected chi connectivity index (χ3v) is 8.15. The summed E-state index contributed by atoms with van der Waals surface area (Å²) in [5.41, 5.74) is 9.40. The molecular weight excluding hydrogens is 506 g/mol. The zero-order valence-corrected chi connectivity index (χ0v) is 24.5. The van der Waals surface area contributed by atoms with Gasteiger partial charge >= 0.3 is 0 Å². The Kier molecular flexibility index (Phi) is 7.26. The maximum absolute atomic E-state index is 12.5. The Morgan fingerprint density at radius 2 is 1.51 bits per heavy atom. The highest BCUT2D eigenvalue weighted by atomic mass is 16.1. The van der Waals surface area contributed by atoms with Gasteiger partial charge in [0.2, 0.25) is 0 Å². The molecule has 6 rings (SSSR count). The number of aromatic nitrogens is 3. The van der Waals surface area contributed by atoms with E-state index in [4.69, 9.17) is 4.98 Å². The summed E-state index contributed by atoms with van der Waals surface area (Å²) in [7, 11) is 0. The molecule has 0 unspecified atom stereocenters.